The Hall–Kier alpha value is -6.12. The number of nitrogens with zero attached hydrogens (tertiary/aromatic N) is 12. The van der Waals surface area contributed by atoms with Crippen LogP contribution in [0.5, 0.6) is 0 Å². The average Bonchev–Trinajstić information content (AvgIpc) is 1.55. The van der Waals surface area contributed by atoms with E-state index in [4.69, 9.17) is 0 Å². The normalized spacial score (nSPS) is 36.6. The summed E-state index contributed by atoms with van der Waals surface area (Å²) in [4.78, 5) is 31.0. The minimum atomic E-state index is 0.114. The molecule has 12 heterocycles. The molecule has 6 saturated heterocycles. The van der Waals surface area contributed by atoms with Gasteiger partial charge in [0.25, 0.3) is 0 Å². The molecule has 12 heteroatoms. The Morgan fingerprint density at radius 3 is 0.488 bits per heavy atom. The molecule has 0 unspecified atom stereocenters. The van der Waals surface area contributed by atoms with Gasteiger partial charge in [0.15, 0.2) is 0 Å². The third kappa shape index (κ3) is 5.97. The van der Waals surface area contributed by atoms with Crippen LogP contribution in [0.2, 0.25) is 0 Å². The number of hydrogen-bond acceptors (Lipinski definition) is 12. The van der Waals surface area contributed by atoms with E-state index < -0.39 is 0 Å². The van der Waals surface area contributed by atoms with Crippen molar-refractivity contribution in [1.82, 2.24) is 29.4 Å². The maximum atomic E-state index is 2.60. The lowest BCUT2D eigenvalue weighted by Gasteiger charge is -2.50. The molecule has 0 aromatic heterocycles. The van der Waals surface area contributed by atoms with Gasteiger partial charge in [0.1, 0.15) is 0 Å². The lowest BCUT2D eigenvalue weighted by Crippen LogP contribution is -2.62. The van der Waals surface area contributed by atoms with Gasteiger partial charge < -0.3 is 29.4 Å². The lowest BCUT2D eigenvalue weighted by molar-refractivity contribution is 0.126. The number of benzene rings is 6. The van der Waals surface area contributed by atoms with Crippen LogP contribution in [-0.2, 0) is 32.5 Å². The van der Waals surface area contributed by atoms with Crippen LogP contribution >= 0.6 is 0 Å². The van der Waals surface area contributed by atoms with Crippen LogP contribution in [0.25, 0.3) is 0 Å². The fourth-order valence-corrected chi connectivity index (χ4v) is 23.2. The monoisotopic (exact) mass is 1120 g/mol. The first-order valence-corrected chi connectivity index (χ1v) is 31.8. The number of likely N-dealkylation sites (tertiary alicyclic amines) is 6. The molecule has 12 atom stereocenters. The molecule has 12 aliphatic rings. The van der Waals surface area contributed by atoms with Crippen LogP contribution in [0.3, 0.4) is 0 Å². The summed E-state index contributed by atoms with van der Waals surface area (Å²) in [5.74, 6) is 0. The van der Waals surface area contributed by atoms with Crippen LogP contribution in [0.4, 0.5) is 34.1 Å². The molecule has 0 spiro atoms. The number of anilines is 6. The van der Waals surface area contributed by atoms with Gasteiger partial charge in [0.05, 0.1) is 37.0 Å². The molecule has 0 saturated carbocycles. The van der Waals surface area contributed by atoms with E-state index in [2.05, 4.69) is 289 Å². The number of para-hydroxylation sites is 6. The second kappa shape index (κ2) is 18.2. The maximum Gasteiger partial charge on any atom is 0.0924 e. The zero-order valence-corrected chi connectivity index (χ0v) is 52.2. The molecule has 18 rings (SSSR count). The van der Waals surface area contributed by atoms with Gasteiger partial charge in [-0.25, -0.2) is 0 Å². The van der Waals surface area contributed by atoms with Crippen LogP contribution in [0.1, 0.15) is 71.9 Å². The highest BCUT2D eigenvalue weighted by Gasteiger charge is 2.76. The minimum Gasteiger partial charge on any atom is -0.358 e. The first-order valence-electron chi connectivity index (χ1n) is 31.8. The third-order valence-corrected chi connectivity index (χ3v) is 25.5. The zero-order valence-electron chi connectivity index (χ0n) is 52.2. The summed E-state index contributed by atoms with van der Waals surface area (Å²) in [6, 6.07) is 55.3. The molecule has 438 valence electrons. The fourth-order valence-electron chi connectivity index (χ4n) is 23.2. The van der Waals surface area contributed by atoms with Crippen molar-refractivity contribution in [2.24, 2.45) is 0 Å². The van der Waals surface area contributed by atoms with Crippen molar-refractivity contribution in [3.8, 4) is 0 Å². The second-order valence-corrected chi connectivity index (χ2v) is 28.2. The smallest absolute Gasteiger partial charge is 0.0924 e. The molecule has 6 aromatic carbocycles. The van der Waals surface area contributed by atoms with Crippen molar-refractivity contribution in [2.75, 3.05) is 153 Å². The Bertz CT molecular complexity index is 3010. The molecule has 12 nitrogen and oxygen atoms in total. The summed E-state index contributed by atoms with van der Waals surface area (Å²) in [7, 11) is 27.8. The Morgan fingerprint density at radius 2 is 0.345 bits per heavy atom. The minimum absolute atomic E-state index is 0.114. The molecule has 0 bridgehead atoms. The molecule has 0 N–H and O–H groups in total. The molecule has 12 aliphatic heterocycles. The van der Waals surface area contributed by atoms with Gasteiger partial charge in [-0.15, -0.1) is 0 Å². The van der Waals surface area contributed by atoms with E-state index in [0.717, 1.165) is 39.3 Å². The summed E-state index contributed by atoms with van der Waals surface area (Å²) >= 11 is 0. The van der Waals surface area contributed by atoms with Crippen LogP contribution in [-0.4, -0.2) is 190 Å². The van der Waals surface area contributed by atoms with E-state index in [1.165, 1.54) is 72.6 Å². The molecule has 84 heavy (non-hydrogen) atoms. The van der Waals surface area contributed by atoms with E-state index in [0.29, 0.717) is 37.0 Å². The standard InChI is InChI=1S/3C24H30N4/c3*1-25-15-13-23(17-9-5-7-11-19(17)27(3)21(23)25)24-14-16-26(2)22(24)28(4)20-12-8-6-10-18(20)24/h3*5-12,21-22H,13-16H2,1-4H3/t3*21-,22-,23-,24-/m000/s1. The van der Waals surface area contributed by atoms with Crippen LogP contribution < -0.4 is 29.4 Å². The zero-order chi connectivity index (χ0) is 57.8. The molecule has 6 aromatic rings. The second-order valence-electron chi connectivity index (χ2n) is 28.2. The van der Waals surface area contributed by atoms with Crippen molar-refractivity contribution in [3.05, 3.63) is 179 Å². The molecular formula is C72H90N12. The third-order valence-electron chi connectivity index (χ3n) is 25.5. The van der Waals surface area contributed by atoms with E-state index >= 15 is 0 Å². The summed E-state index contributed by atoms with van der Waals surface area (Å²) < 4.78 is 0. The molecular weight excluding hydrogens is 1030 g/mol. The van der Waals surface area contributed by atoms with Gasteiger partial charge >= 0.3 is 0 Å². The van der Waals surface area contributed by atoms with E-state index in [1.54, 1.807) is 33.4 Å². The Kier molecular flexibility index (Phi) is 11.6. The number of fused-ring (bicyclic) bond motifs is 21. The topological polar surface area (TPSA) is 38.9 Å². The van der Waals surface area contributed by atoms with Crippen molar-refractivity contribution in [2.45, 2.75) is 108 Å². The number of likely N-dealkylation sites (N-methyl/N-ethyl adjacent to an activating group) is 12. The van der Waals surface area contributed by atoms with Gasteiger partial charge in [-0.05, 0) is 151 Å². The Balaban J connectivity index is 0.000000103. The van der Waals surface area contributed by atoms with Crippen molar-refractivity contribution >= 4 is 34.1 Å². The van der Waals surface area contributed by atoms with Gasteiger partial charge in [-0.3, -0.25) is 29.4 Å². The first-order chi connectivity index (χ1) is 40.6. The van der Waals surface area contributed by atoms with Crippen LogP contribution in [0.15, 0.2) is 146 Å². The van der Waals surface area contributed by atoms with Gasteiger partial charge in [-0.2, -0.15) is 0 Å². The predicted molar refractivity (Wildman–Crippen MR) is 345 cm³/mol. The van der Waals surface area contributed by atoms with Gasteiger partial charge in [-0.1, -0.05) is 109 Å². The number of hydrogen-bond donors (Lipinski definition) is 0. The molecule has 0 amide bonds. The van der Waals surface area contributed by atoms with Crippen molar-refractivity contribution < 1.29 is 0 Å². The molecule has 0 aliphatic carbocycles. The largest absolute Gasteiger partial charge is 0.358 e. The van der Waals surface area contributed by atoms with Crippen molar-refractivity contribution in [3.63, 3.8) is 0 Å². The fraction of sp³-hybridized carbons (Fsp3) is 0.500. The van der Waals surface area contributed by atoms with Crippen molar-refractivity contribution in [1.29, 1.82) is 0 Å². The summed E-state index contributed by atoms with van der Waals surface area (Å²) in [6.45, 7) is 6.96. The lowest BCUT2D eigenvalue weighted by atomic mass is 9.55. The summed E-state index contributed by atoms with van der Waals surface area (Å²) in [6.07, 6.45) is 9.84. The highest BCUT2D eigenvalue weighted by molar-refractivity contribution is 5.77. The highest BCUT2D eigenvalue weighted by atomic mass is 15.5. The first kappa shape index (κ1) is 53.4. The van der Waals surface area contributed by atoms with E-state index in [1.807, 2.05) is 0 Å². The molecule has 0 radical (unpaired) electrons. The van der Waals surface area contributed by atoms with Gasteiger partial charge in [0.2, 0.25) is 0 Å². The van der Waals surface area contributed by atoms with E-state index in [9.17, 15) is 0 Å². The predicted octanol–water partition coefficient (Wildman–Crippen LogP) is 9.26. The van der Waals surface area contributed by atoms with E-state index in [-0.39, 0.29) is 32.5 Å². The molecule has 6 fully saturated rings. The van der Waals surface area contributed by atoms with Gasteiger partial charge in [0, 0.05) is 148 Å². The Morgan fingerprint density at radius 1 is 0.214 bits per heavy atom. The number of rotatable bonds is 3. The highest BCUT2D eigenvalue weighted by Crippen LogP contribution is 2.72. The summed E-state index contributed by atoms with van der Waals surface area (Å²) in [5, 5.41) is 0. The SMILES string of the molecule is CN1CC[C@]2([C@]34CCN(C)[C@H]3N(C)c3ccccc34)c3ccccc3N(C)[C@H]12.CN1CC[C@]2([C@]34CCN(C)[C@H]3N(C)c3ccccc34)c3ccccc3N(C)[C@H]12.CN1CC[C@]2([C@]34CCN(C)[C@H]3N(C)c3ccccc34)c3ccccc3N(C)[C@H]12. The maximum absolute atomic E-state index is 2.60. The van der Waals surface area contributed by atoms with Crippen LogP contribution in [0, 0.1) is 0 Å². The Labute approximate surface area is 501 Å². The average molecular weight is 1120 g/mol. The quantitative estimate of drug-likeness (QED) is 0.170. The summed E-state index contributed by atoms with van der Waals surface area (Å²) in [5.41, 5.74) is 18.6.